The fraction of sp³-hybridized carbons (Fsp3) is 0.0909. The SMILES string of the molecule is NC1=CC(N)=[S-](c2cc(N)c(O)c(N)c2)=C(N)C1. The van der Waals surface area contributed by atoms with E-state index in [-0.39, 0.29) is 17.1 Å². The van der Waals surface area contributed by atoms with E-state index in [1.54, 1.807) is 18.2 Å². The van der Waals surface area contributed by atoms with Gasteiger partial charge in [0.05, 0.1) is 11.4 Å². The van der Waals surface area contributed by atoms with E-state index in [0.717, 1.165) is 4.90 Å². The van der Waals surface area contributed by atoms with Crippen LogP contribution in [-0.2, 0) is 10.1 Å². The predicted octanol–water partition coefficient (Wildman–Crippen LogP) is -1.04. The number of hydrogen-bond donors (Lipinski definition) is 6. The van der Waals surface area contributed by atoms with Gasteiger partial charge in [-0.2, -0.15) is 0 Å². The Bertz CT molecular complexity index is 618. The topological polar surface area (TPSA) is 150 Å². The van der Waals surface area contributed by atoms with Crippen LogP contribution in [0.2, 0.25) is 0 Å². The van der Waals surface area contributed by atoms with Crippen LogP contribution in [0.15, 0.2) is 28.8 Å². The normalized spacial score (nSPS) is 16.9. The Hall–Kier alpha value is -1.83. The second-order valence-electron chi connectivity index (χ2n) is 4.02. The molecular formula is C11H16N5OS-. The number of rotatable bonds is 1. The average Bonchev–Trinajstić information content (AvgIpc) is 2.24. The minimum Gasteiger partial charge on any atom is -0.504 e. The van der Waals surface area contributed by atoms with Crippen molar-refractivity contribution in [3.05, 3.63) is 23.9 Å². The molecule has 1 aliphatic heterocycles. The lowest BCUT2D eigenvalue weighted by Crippen LogP contribution is -2.29. The van der Waals surface area contributed by atoms with Gasteiger partial charge >= 0.3 is 0 Å². The van der Waals surface area contributed by atoms with Crippen LogP contribution in [0.5, 0.6) is 5.75 Å². The van der Waals surface area contributed by atoms with Crippen LogP contribution in [0.25, 0.3) is 0 Å². The molecule has 2 rings (SSSR count). The van der Waals surface area contributed by atoms with Crippen LogP contribution in [0, 0.1) is 0 Å². The molecule has 0 radical (unpaired) electrons. The highest BCUT2D eigenvalue weighted by atomic mass is 32.2. The fourth-order valence-corrected chi connectivity index (χ4v) is 3.72. The quantitative estimate of drug-likeness (QED) is 0.165. The van der Waals surface area contributed by atoms with Gasteiger partial charge in [-0.05, 0) is 6.42 Å². The summed E-state index contributed by atoms with van der Waals surface area (Å²) in [6.07, 6.45) is 2.20. The maximum Gasteiger partial charge on any atom is 0.161 e. The largest absolute Gasteiger partial charge is 0.504 e. The number of phenols is 1. The second kappa shape index (κ2) is 4.45. The molecule has 11 N–H and O–H groups in total. The average molecular weight is 266 g/mol. The predicted molar refractivity (Wildman–Crippen MR) is 77.8 cm³/mol. The Kier molecular flexibility index (Phi) is 3.12. The van der Waals surface area contributed by atoms with E-state index in [0.29, 0.717) is 22.1 Å². The van der Waals surface area contributed by atoms with Crippen LogP contribution in [0.4, 0.5) is 11.4 Å². The Morgan fingerprint density at radius 1 is 1.00 bits per heavy atom. The van der Waals surface area contributed by atoms with E-state index >= 15 is 0 Å². The lowest BCUT2D eigenvalue weighted by atomic mass is 10.2. The highest BCUT2D eigenvalue weighted by molar-refractivity contribution is 7.96. The molecule has 0 saturated carbocycles. The first-order chi connectivity index (χ1) is 8.40. The Morgan fingerprint density at radius 2 is 1.56 bits per heavy atom. The van der Waals surface area contributed by atoms with Crippen molar-refractivity contribution in [2.24, 2.45) is 17.2 Å². The summed E-state index contributed by atoms with van der Waals surface area (Å²) in [6.45, 7) is 0. The Labute approximate surface area is 107 Å². The van der Waals surface area contributed by atoms with Gasteiger partial charge in [-0.3, -0.25) is 0 Å². The summed E-state index contributed by atoms with van der Waals surface area (Å²) >= 11 is 0. The highest BCUT2D eigenvalue weighted by Crippen LogP contribution is 2.30. The monoisotopic (exact) mass is 266 g/mol. The Balaban J connectivity index is 2.71. The lowest BCUT2D eigenvalue weighted by molar-refractivity contribution is 0.480. The van der Waals surface area contributed by atoms with E-state index < -0.39 is 10.1 Å². The molecule has 6 nitrogen and oxygen atoms in total. The minimum absolute atomic E-state index is 0.119. The number of aromatic hydroxyl groups is 1. The molecule has 0 unspecified atom stereocenters. The van der Waals surface area contributed by atoms with Crippen molar-refractivity contribution in [3.63, 3.8) is 0 Å². The molecule has 7 heteroatoms. The van der Waals surface area contributed by atoms with Crippen LogP contribution in [0.3, 0.4) is 0 Å². The van der Waals surface area contributed by atoms with Crippen molar-refractivity contribution < 1.29 is 5.11 Å². The number of nitrogen functional groups attached to an aromatic ring is 2. The van der Waals surface area contributed by atoms with Gasteiger partial charge in [-0.15, -0.1) is 14.9 Å². The third kappa shape index (κ3) is 2.10. The molecule has 98 valence electrons. The van der Waals surface area contributed by atoms with Crippen molar-refractivity contribution in [2.75, 3.05) is 11.5 Å². The van der Waals surface area contributed by atoms with Crippen LogP contribution in [0.1, 0.15) is 6.42 Å². The van der Waals surface area contributed by atoms with E-state index in [4.69, 9.17) is 28.7 Å². The molecule has 0 aromatic heterocycles. The number of anilines is 2. The van der Waals surface area contributed by atoms with Crippen LogP contribution >= 0.6 is 0 Å². The van der Waals surface area contributed by atoms with Crippen molar-refractivity contribution in [1.82, 2.24) is 0 Å². The van der Waals surface area contributed by atoms with E-state index in [1.165, 1.54) is 0 Å². The molecule has 0 amide bonds. The Morgan fingerprint density at radius 3 is 2.06 bits per heavy atom. The maximum absolute atomic E-state index is 9.55. The van der Waals surface area contributed by atoms with Crippen molar-refractivity contribution >= 4 is 31.4 Å². The first-order valence-corrected chi connectivity index (χ1v) is 6.44. The summed E-state index contributed by atoms with van der Waals surface area (Å²) in [5.41, 5.74) is 30.1. The first kappa shape index (κ1) is 12.6. The van der Waals surface area contributed by atoms with Gasteiger partial charge in [0.25, 0.3) is 0 Å². The molecule has 1 aliphatic rings. The van der Waals surface area contributed by atoms with Gasteiger partial charge in [-0.1, -0.05) is 18.2 Å². The zero-order valence-electron chi connectivity index (χ0n) is 9.68. The van der Waals surface area contributed by atoms with Gasteiger partial charge in [-0.25, -0.2) is 0 Å². The number of nitrogens with two attached hydrogens (primary N) is 5. The van der Waals surface area contributed by atoms with Gasteiger partial charge in [0.1, 0.15) is 0 Å². The molecule has 0 atom stereocenters. The second-order valence-corrected chi connectivity index (χ2v) is 6.10. The van der Waals surface area contributed by atoms with Crippen LogP contribution in [-0.4, -0.2) is 15.1 Å². The zero-order valence-corrected chi connectivity index (χ0v) is 10.5. The minimum atomic E-state index is -0.586. The van der Waals surface area contributed by atoms with Crippen molar-refractivity contribution in [2.45, 2.75) is 11.3 Å². The smallest absolute Gasteiger partial charge is 0.161 e. The third-order valence-corrected chi connectivity index (χ3v) is 4.55. The number of hydrogen-bond acceptors (Lipinski definition) is 7. The van der Waals surface area contributed by atoms with Crippen molar-refractivity contribution in [3.8, 4) is 5.75 Å². The molecule has 1 aromatic rings. The third-order valence-electron chi connectivity index (χ3n) is 2.58. The molecule has 18 heavy (non-hydrogen) atoms. The number of phenolic OH excluding ortho intramolecular Hbond substituents is 1. The fourth-order valence-electron chi connectivity index (χ4n) is 1.77. The molecule has 0 fully saturated rings. The van der Waals surface area contributed by atoms with E-state index in [2.05, 4.69) is 0 Å². The summed E-state index contributed by atoms with van der Waals surface area (Å²) in [7, 11) is -0.586. The van der Waals surface area contributed by atoms with E-state index in [1.807, 2.05) is 0 Å². The molecule has 0 bridgehead atoms. The summed E-state index contributed by atoms with van der Waals surface area (Å²) in [6, 6.07) is 3.26. The summed E-state index contributed by atoms with van der Waals surface area (Å²) in [5.74, 6) is -0.119. The molecule has 1 heterocycles. The maximum atomic E-state index is 9.55. The molecule has 0 saturated heterocycles. The summed E-state index contributed by atoms with van der Waals surface area (Å²) < 4.78 is 0. The number of benzene rings is 1. The summed E-state index contributed by atoms with van der Waals surface area (Å²) in [5, 5.41) is 9.55. The lowest BCUT2D eigenvalue weighted by Gasteiger charge is -2.27. The van der Waals surface area contributed by atoms with Gasteiger partial charge in [0, 0.05) is 5.70 Å². The molecule has 0 aliphatic carbocycles. The van der Waals surface area contributed by atoms with Gasteiger partial charge < -0.3 is 43.8 Å². The molecule has 0 spiro atoms. The van der Waals surface area contributed by atoms with Crippen molar-refractivity contribution in [1.29, 1.82) is 0 Å². The first-order valence-electron chi connectivity index (χ1n) is 5.22. The van der Waals surface area contributed by atoms with Gasteiger partial charge in [0.2, 0.25) is 0 Å². The van der Waals surface area contributed by atoms with Gasteiger partial charge in [0.15, 0.2) is 5.75 Å². The molecule has 1 aromatic carbocycles. The summed E-state index contributed by atoms with van der Waals surface area (Å²) in [4.78, 5) is 2.01. The van der Waals surface area contributed by atoms with Crippen LogP contribution < -0.4 is 28.7 Å². The molecular weight excluding hydrogens is 250 g/mol. The zero-order chi connectivity index (χ0) is 13.4. The standard InChI is InChI=1S/C11H16N5OS/c12-5-1-9(15)18(10(16)2-5)6-3-7(13)11(17)8(14)4-6/h1,3-4,17H,2,12-16H2/q-1. The van der Waals surface area contributed by atoms with E-state index in [9.17, 15) is 5.11 Å². The highest BCUT2D eigenvalue weighted by Gasteiger charge is 2.03.